The van der Waals surface area contributed by atoms with Crippen LogP contribution in [0.15, 0.2) is 0 Å². The van der Waals surface area contributed by atoms with Crippen LogP contribution in [0.1, 0.15) is 32.1 Å². The molecule has 188 valence electrons. The molecule has 0 fully saturated rings. The summed E-state index contributed by atoms with van der Waals surface area (Å²) in [5.74, 6) is -5.95. The van der Waals surface area contributed by atoms with Crippen LogP contribution >= 0.6 is 24.4 Å². The molecule has 0 aromatic heterocycles. The van der Waals surface area contributed by atoms with Crippen molar-refractivity contribution >= 4 is 60.0 Å². The van der Waals surface area contributed by atoms with E-state index < -0.39 is 72.6 Å². The fourth-order valence-electron chi connectivity index (χ4n) is 2.47. The highest BCUT2D eigenvalue weighted by molar-refractivity contribution is 7.98. The van der Waals surface area contributed by atoms with Gasteiger partial charge in [-0.05, 0) is 31.3 Å². The fourth-order valence-corrected chi connectivity index (χ4v) is 3.11. The molecule has 33 heavy (non-hydrogen) atoms. The van der Waals surface area contributed by atoms with Crippen molar-refractivity contribution in [2.45, 2.75) is 56.3 Å². The predicted molar refractivity (Wildman–Crippen MR) is 122 cm³/mol. The van der Waals surface area contributed by atoms with Crippen molar-refractivity contribution in [1.29, 1.82) is 0 Å². The molecule has 0 aliphatic carbocycles. The second kappa shape index (κ2) is 16.1. The normalized spacial score (nSPS) is 14.3. The number of thiol groups is 1. The first kappa shape index (κ1) is 30.5. The van der Waals surface area contributed by atoms with Gasteiger partial charge >= 0.3 is 17.9 Å². The molecule has 0 aromatic carbocycles. The molecule has 0 rings (SSSR count). The molecule has 0 aliphatic rings. The van der Waals surface area contributed by atoms with Crippen molar-refractivity contribution in [3.05, 3.63) is 0 Å². The number of rotatable bonds is 17. The third-order valence-electron chi connectivity index (χ3n) is 4.32. The SMILES string of the molecule is CSCCC(NC(=O)C(CCC(=O)O)NC(=O)C(N)CS)C(=O)NC(CCC(=O)O)C(=O)O. The number of carboxylic acid groups (broad SMARTS) is 3. The largest absolute Gasteiger partial charge is 0.481 e. The maximum Gasteiger partial charge on any atom is 0.326 e. The van der Waals surface area contributed by atoms with Gasteiger partial charge < -0.3 is 37.0 Å². The van der Waals surface area contributed by atoms with E-state index in [2.05, 4.69) is 28.6 Å². The number of carbonyl (C=O) groups is 6. The highest BCUT2D eigenvalue weighted by Crippen LogP contribution is 2.06. The lowest BCUT2D eigenvalue weighted by Gasteiger charge is -2.24. The van der Waals surface area contributed by atoms with Crippen molar-refractivity contribution in [1.82, 2.24) is 16.0 Å². The first-order valence-corrected chi connectivity index (χ1v) is 11.9. The Bertz CT molecular complexity index is 723. The molecule has 0 bridgehead atoms. The summed E-state index contributed by atoms with van der Waals surface area (Å²) in [6.45, 7) is 0. The summed E-state index contributed by atoms with van der Waals surface area (Å²) in [6, 6.07) is -5.06. The minimum Gasteiger partial charge on any atom is -0.481 e. The minimum atomic E-state index is -1.49. The number of hydrogen-bond donors (Lipinski definition) is 8. The van der Waals surface area contributed by atoms with Gasteiger partial charge in [-0.2, -0.15) is 24.4 Å². The van der Waals surface area contributed by atoms with Crippen LogP contribution in [0.3, 0.4) is 0 Å². The van der Waals surface area contributed by atoms with Crippen LogP contribution in [0.25, 0.3) is 0 Å². The summed E-state index contributed by atoms with van der Waals surface area (Å²) in [5.41, 5.74) is 5.57. The van der Waals surface area contributed by atoms with Gasteiger partial charge in [0.05, 0.1) is 6.04 Å². The maximum absolute atomic E-state index is 12.8. The number of hydrogen-bond acceptors (Lipinski definition) is 9. The summed E-state index contributed by atoms with van der Waals surface area (Å²) in [5, 5.41) is 33.8. The quantitative estimate of drug-likeness (QED) is 0.103. The van der Waals surface area contributed by atoms with Gasteiger partial charge in [-0.1, -0.05) is 0 Å². The molecule has 0 aromatic rings. The Balaban J connectivity index is 5.46. The van der Waals surface area contributed by atoms with Crippen LogP contribution in [0, 0.1) is 0 Å². The molecular weight excluding hydrogens is 480 g/mol. The minimum absolute atomic E-state index is 0.0230. The molecule has 4 unspecified atom stereocenters. The average molecular weight is 511 g/mol. The van der Waals surface area contributed by atoms with Gasteiger partial charge in [0.15, 0.2) is 0 Å². The van der Waals surface area contributed by atoms with Crippen molar-refractivity contribution in [2.75, 3.05) is 17.8 Å². The fraction of sp³-hybridized carbons (Fsp3) is 0.667. The summed E-state index contributed by atoms with van der Waals surface area (Å²) in [6.07, 6.45) is 0.260. The van der Waals surface area contributed by atoms with Gasteiger partial charge in [0.25, 0.3) is 0 Å². The topological polar surface area (TPSA) is 225 Å². The molecule has 13 nitrogen and oxygen atoms in total. The van der Waals surface area contributed by atoms with E-state index in [-0.39, 0.29) is 25.0 Å². The number of carbonyl (C=O) groups excluding carboxylic acids is 3. The highest BCUT2D eigenvalue weighted by Gasteiger charge is 2.30. The summed E-state index contributed by atoms with van der Waals surface area (Å²) < 4.78 is 0. The Morgan fingerprint density at radius 3 is 1.64 bits per heavy atom. The monoisotopic (exact) mass is 510 g/mol. The van der Waals surface area contributed by atoms with Crippen molar-refractivity contribution in [3.8, 4) is 0 Å². The predicted octanol–water partition coefficient (Wildman–Crippen LogP) is -1.73. The van der Waals surface area contributed by atoms with E-state index >= 15 is 0 Å². The lowest BCUT2D eigenvalue weighted by atomic mass is 10.1. The van der Waals surface area contributed by atoms with Crippen LogP contribution in [-0.2, 0) is 28.8 Å². The molecule has 4 atom stereocenters. The summed E-state index contributed by atoms with van der Waals surface area (Å²) in [4.78, 5) is 70.5. The van der Waals surface area contributed by atoms with E-state index in [4.69, 9.17) is 15.9 Å². The summed E-state index contributed by atoms with van der Waals surface area (Å²) in [7, 11) is 0. The Morgan fingerprint density at radius 2 is 1.21 bits per heavy atom. The first-order chi connectivity index (χ1) is 15.4. The zero-order valence-electron chi connectivity index (χ0n) is 18.0. The number of carboxylic acids is 3. The number of thioether (sulfide) groups is 1. The van der Waals surface area contributed by atoms with Crippen LogP contribution in [0.5, 0.6) is 0 Å². The van der Waals surface area contributed by atoms with Crippen LogP contribution in [0.2, 0.25) is 0 Å². The molecular formula is C18H30N4O9S2. The van der Waals surface area contributed by atoms with Crippen molar-refractivity contribution < 1.29 is 44.1 Å². The second-order valence-corrected chi connectivity index (χ2v) is 8.31. The Morgan fingerprint density at radius 1 is 0.788 bits per heavy atom. The van der Waals surface area contributed by atoms with Crippen molar-refractivity contribution in [3.63, 3.8) is 0 Å². The van der Waals surface area contributed by atoms with Crippen LogP contribution in [-0.4, -0.2) is 92.9 Å². The highest BCUT2D eigenvalue weighted by atomic mass is 32.2. The Kier molecular flexibility index (Phi) is 14.9. The molecule has 0 radical (unpaired) electrons. The van der Waals surface area contributed by atoms with Crippen molar-refractivity contribution in [2.24, 2.45) is 5.73 Å². The maximum atomic E-state index is 12.8. The lowest BCUT2D eigenvalue weighted by molar-refractivity contribution is -0.143. The van der Waals surface area contributed by atoms with Crippen LogP contribution in [0.4, 0.5) is 0 Å². The van der Waals surface area contributed by atoms with Crippen LogP contribution < -0.4 is 21.7 Å². The Hall–Kier alpha value is -2.52. The lowest BCUT2D eigenvalue weighted by Crippen LogP contribution is -2.57. The van der Waals surface area contributed by atoms with Gasteiger partial charge in [-0.25, -0.2) is 4.79 Å². The number of nitrogens with two attached hydrogens (primary N) is 1. The molecule has 0 saturated heterocycles. The Labute approximate surface area is 200 Å². The molecule has 0 saturated carbocycles. The molecule has 8 N–H and O–H groups in total. The molecule has 0 aliphatic heterocycles. The van der Waals surface area contributed by atoms with E-state index in [1.54, 1.807) is 6.26 Å². The van der Waals surface area contributed by atoms with E-state index in [0.717, 1.165) is 0 Å². The molecule has 0 spiro atoms. The smallest absolute Gasteiger partial charge is 0.326 e. The first-order valence-electron chi connectivity index (χ1n) is 9.85. The van der Waals surface area contributed by atoms with Gasteiger partial charge in [-0.3, -0.25) is 24.0 Å². The van der Waals surface area contributed by atoms with Gasteiger partial charge in [-0.15, -0.1) is 0 Å². The van der Waals surface area contributed by atoms with E-state index in [1.165, 1.54) is 11.8 Å². The second-order valence-electron chi connectivity index (χ2n) is 6.96. The van der Waals surface area contributed by atoms with E-state index in [0.29, 0.717) is 5.75 Å². The molecule has 15 heteroatoms. The molecule has 3 amide bonds. The number of nitrogens with one attached hydrogen (secondary N) is 3. The van der Waals surface area contributed by atoms with Gasteiger partial charge in [0, 0.05) is 18.6 Å². The zero-order valence-corrected chi connectivity index (χ0v) is 19.7. The number of aliphatic carboxylic acids is 3. The van der Waals surface area contributed by atoms with Gasteiger partial charge in [0.1, 0.15) is 18.1 Å². The third kappa shape index (κ3) is 12.9. The third-order valence-corrected chi connectivity index (χ3v) is 5.36. The zero-order chi connectivity index (χ0) is 25.6. The van der Waals surface area contributed by atoms with E-state index in [1.807, 2.05) is 0 Å². The van der Waals surface area contributed by atoms with E-state index in [9.17, 15) is 33.9 Å². The van der Waals surface area contributed by atoms with Gasteiger partial charge in [0.2, 0.25) is 17.7 Å². The average Bonchev–Trinajstić information content (AvgIpc) is 2.74. The molecule has 0 heterocycles. The standard InChI is InChI=1S/C18H30N4O9S2/c1-33-7-6-11(17(29)22-12(18(30)31)3-5-14(25)26)21-16(28)10(2-4-13(23)24)20-15(27)9(19)8-32/h9-12,32H,2-8,19H2,1H3,(H,20,27)(H,21,28)(H,22,29)(H,23,24)(H,25,26)(H,30,31). The summed E-state index contributed by atoms with van der Waals surface area (Å²) >= 11 is 5.25. The number of amides is 3.